The molecule has 1 N–H and O–H groups in total. The van der Waals surface area contributed by atoms with Crippen LogP contribution in [0.3, 0.4) is 0 Å². The molecule has 0 bridgehead atoms. The molecule has 0 unspecified atom stereocenters. The fourth-order valence-corrected chi connectivity index (χ4v) is 5.04. The lowest BCUT2D eigenvalue weighted by atomic mass is 9.81. The van der Waals surface area contributed by atoms with Gasteiger partial charge in [0.1, 0.15) is 5.82 Å². The van der Waals surface area contributed by atoms with Crippen molar-refractivity contribution in [3.8, 4) is 0 Å². The Labute approximate surface area is 191 Å². The van der Waals surface area contributed by atoms with Gasteiger partial charge in [-0.3, -0.25) is 19.0 Å². The van der Waals surface area contributed by atoms with Gasteiger partial charge in [0.2, 0.25) is 11.8 Å². The van der Waals surface area contributed by atoms with Crippen molar-refractivity contribution in [3.63, 3.8) is 0 Å². The lowest BCUT2D eigenvalue weighted by molar-refractivity contribution is -0.144. The topological polar surface area (TPSA) is 95.5 Å². The van der Waals surface area contributed by atoms with Gasteiger partial charge in [-0.25, -0.2) is 9.18 Å². The molecule has 9 heteroatoms. The third-order valence-electron chi connectivity index (χ3n) is 6.99. The van der Waals surface area contributed by atoms with Crippen molar-refractivity contribution in [3.05, 3.63) is 44.9 Å². The van der Waals surface area contributed by atoms with Crippen molar-refractivity contribution in [2.24, 2.45) is 17.8 Å². The van der Waals surface area contributed by atoms with Crippen LogP contribution in [0.4, 0.5) is 4.39 Å². The number of amides is 2. The number of piperazine rings is 1. The highest BCUT2D eigenvalue weighted by molar-refractivity contribution is 5.81. The second-order valence-corrected chi connectivity index (χ2v) is 9.53. The van der Waals surface area contributed by atoms with E-state index in [9.17, 15) is 23.6 Å². The minimum atomic E-state index is -0.646. The number of aromatic amines is 1. The van der Waals surface area contributed by atoms with E-state index >= 15 is 0 Å². The van der Waals surface area contributed by atoms with Crippen LogP contribution in [0.25, 0.3) is 10.9 Å². The van der Waals surface area contributed by atoms with Crippen molar-refractivity contribution >= 4 is 22.7 Å². The molecule has 8 nitrogen and oxygen atoms in total. The first-order valence-corrected chi connectivity index (χ1v) is 11.7. The Morgan fingerprint density at radius 3 is 2.30 bits per heavy atom. The number of H-pyrrole nitrogens is 1. The molecular weight excluding hydrogens is 427 g/mol. The lowest BCUT2D eigenvalue weighted by Crippen LogP contribution is -2.53. The van der Waals surface area contributed by atoms with Crippen LogP contribution in [-0.2, 0) is 16.1 Å². The van der Waals surface area contributed by atoms with Gasteiger partial charge in [0.25, 0.3) is 5.56 Å². The third-order valence-corrected chi connectivity index (χ3v) is 6.99. The maximum absolute atomic E-state index is 14.2. The monoisotopic (exact) mass is 458 g/mol. The smallest absolute Gasteiger partial charge is 0.328 e. The van der Waals surface area contributed by atoms with Crippen molar-refractivity contribution in [2.45, 2.75) is 46.1 Å². The van der Waals surface area contributed by atoms with E-state index in [4.69, 9.17) is 0 Å². The van der Waals surface area contributed by atoms with Gasteiger partial charge in [0, 0.05) is 44.6 Å². The summed E-state index contributed by atoms with van der Waals surface area (Å²) in [7, 11) is 0. The maximum atomic E-state index is 14.2. The van der Waals surface area contributed by atoms with Gasteiger partial charge in [-0.05, 0) is 43.7 Å². The number of nitrogens with zero attached hydrogens (tertiary/aromatic N) is 3. The molecule has 1 aromatic carbocycles. The predicted octanol–water partition coefficient (Wildman–Crippen LogP) is 1.96. The van der Waals surface area contributed by atoms with Gasteiger partial charge in [-0.1, -0.05) is 19.9 Å². The van der Waals surface area contributed by atoms with Crippen LogP contribution >= 0.6 is 0 Å². The van der Waals surface area contributed by atoms with Crippen LogP contribution < -0.4 is 11.2 Å². The molecule has 0 spiro atoms. The zero-order valence-corrected chi connectivity index (χ0v) is 19.2. The Kier molecular flexibility index (Phi) is 6.67. The standard InChI is InChI=1S/C24H31FN4O4/c1-15(2)21(30)27-10-12-28(13-11-27)22(31)17-8-6-16(7-9-17)14-29-23(32)20-18(25)4-3-5-19(20)26-24(29)33/h3-5,15-17H,6-14H2,1-2H3,(H,26,33). The van der Waals surface area contributed by atoms with Crippen molar-refractivity contribution in [1.82, 2.24) is 19.4 Å². The van der Waals surface area contributed by atoms with Crippen LogP contribution in [0.15, 0.2) is 27.8 Å². The number of carbonyl (C=O) groups excluding carboxylic acids is 2. The normalized spacial score (nSPS) is 21.6. The van der Waals surface area contributed by atoms with Crippen LogP contribution in [-0.4, -0.2) is 57.3 Å². The molecule has 0 radical (unpaired) electrons. The fourth-order valence-electron chi connectivity index (χ4n) is 5.04. The molecule has 1 saturated carbocycles. The molecule has 33 heavy (non-hydrogen) atoms. The summed E-state index contributed by atoms with van der Waals surface area (Å²) in [5.41, 5.74) is -0.949. The largest absolute Gasteiger partial charge is 0.339 e. The number of rotatable bonds is 4. The molecule has 4 rings (SSSR count). The predicted molar refractivity (Wildman–Crippen MR) is 122 cm³/mol. The molecule has 2 fully saturated rings. The third kappa shape index (κ3) is 4.72. The molecule has 2 aliphatic rings. The summed E-state index contributed by atoms with van der Waals surface area (Å²) in [6, 6.07) is 4.18. The summed E-state index contributed by atoms with van der Waals surface area (Å²) in [6.45, 7) is 6.25. The van der Waals surface area contributed by atoms with Gasteiger partial charge in [-0.2, -0.15) is 0 Å². The molecule has 2 aromatic rings. The van der Waals surface area contributed by atoms with Crippen LogP contribution in [0.2, 0.25) is 0 Å². The molecule has 178 valence electrons. The molecule has 1 aliphatic heterocycles. The number of carbonyl (C=O) groups is 2. The van der Waals surface area contributed by atoms with E-state index in [1.807, 2.05) is 23.6 Å². The lowest BCUT2D eigenvalue weighted by Gasteiger charge is -2.38. The minimum Gasteiger partial charge on any atom is -0.339 e. The number of aromatic nitrogens is 2. The number of nitrogens with one attached hydrogen (secondary N) is 1. The zero-order chi connectivity index (χ0) is 23.7. The van der Waals surface area contributed by atoms with E-state index in [-0.39, 0.29) is 47.0 Å². The van der Waals surface area contributed by atoms with Crippen LogP contribution in [0.1, 0.15) is 39.5 Å². The summed E-state index contributed by atoms with van der Waals surface area (Å²) in [6.07, 6.45) is 2.85. The van der Waals surface area contributed by atoms with E-state index in [0.29, 0.717) is 39.0 Å². The Bertz CT molecular complexity index is 1160. The molecule has 1 aliphatic carbocycles. The Morgan fingerprint density at radius 2 is 1.67 bits per heavy atom. The highest BCUT2D eigenvalue weighted by atomic mass is 19.1. The Balaban J connectivity index is 1.35. The number of fused-ring (bicyclic) bond motifs is 1. The Hall–Kier alpha value is -2.97. The van der Waals surface area contributed by atoms with E-state index < -0.39 is 17.1 Å². The highest BCUT2D eigenvalue weighted by Crippen LogP contribution is 2.31. The van der Waals surface area contributed by atoms with Gasteiger partial charge < -0.3 is 14.8 Å². The number of hydrogen-bond acceptors (Lipinski definition) is 4. The first kappa shape index (κ1) is 23.2. The molecule has 1 saturated heterocycles. The van der Waals surface area contributed by atoms with E-state index in [1.54, 1.807) is 0 Å². The first-order valence-electron chi connectivity index (χ1n) is 11.7. The first-order chi connectivity index (χ1) is 15.8. The SMILES string of the molecule is CC(C)C(=O)N1CCN(C(=O)C2CCC(Cn3c(=O)[nH]c4cccc(F)c4c3=O)CC2)CC1. The molecule has 2 amide bonds. The fraction of sp³-hybridized carbons (Fsp3) is 0.583. The van der Waals surface area contributed by atoms with Crippen molar-refractivity contribution < 1.29 is 14.0 Å². The molecule has 1 aromatic heterocycles. The van der Waals surface area contributed by atoms with Gasteiger partial charge in [-0.15, -0.1) is 0 Å². The van der Waals surface area contributed by atoms with Crippen molar-refractivity contribution in [2.75, 3.05) is 26.2 Å². The zero-order valence-electron chi connectivity index (χ0n) is 19.2. The number of halogens is 1. The minimum absolute atomic E-state index is 0.0404. The van der Waals surface area contributed by atoms with Gasteiger partial charge in [0.05, 0.1) is 10.9 Å². The number of benzene rings is 1. The summed E-state index contributed by atoms with van der Waals surface area (Å²) >= 11 is 0. The number of hydrogen-bond donors (Lipinski definition) is 1. The second-order valence-electron chi connectivity index (χ2n) is 9.53. The summed E-state index contributed by atoms with van der Waals surface area (Å²) in [4.78, 5) is 56.6. The molecular formula is C24H31FN4O4. The average molecular weight is 459 g/mol. The summed E-state index contributed by atoms with van der Waals surface area (Å²) in [5.74, 6) is -0.419. The van der Waals surface area contributed by atoms with Crippen molar-refractivity contribution in [1.29, 1.82) is 0 Å². The summed E-state index contributed by atoms with van der Waals surface area (Å²) < 4.78 is 15.2. The summed E-state index contributed by atoms with van der Waals surface area (Å²) in [5, 5.41) is -0.101. The second kappa shape index (κ2) is 9.49. The Morgan fingerprint density at radius 1 is 1.03 bits per heavy atom. The van der Waals surface area contributed by atoms with E-state index in [2.05, 4.69) is 4.98 Å². The van der Waals surface area contributed by atoms with Crippen LogP contribution in [0.5, 0.6) is 0 Å². The average Bonchev–Trinajstić information content (AvgIpc) is 2.81. The van der Waals surface area contributed by atoms with Gasteiger partial charge >= 0.3 is 5.69 Å². The van der Waals surface area contributed by atoms with Gasteiger partial charge in [0.15, 0.2) is 0 Å². The van der Waals surface area contributed by atoms with E-state index in [0.717, 1.165) is 17.4 Å². The van der Waals surface area contributed by atoms with Crippen LogP contribution in [0, 0.1) is 23.6 Å². The quantitative estimate of drug-likeness (QED) is 0.758. The molecule has 0 atom stereocenters. The maximum Gasteiger partial charge on any atom is 0.328 e. The highest BCUT2D eigenvalue weighted by Gasteiger charge is 2.32. The molecule has 2 heterocycles. The van der Waals surface area contributed by atoms with E-state index in [1.165, 1.54) is 18.2 Å².